The SMILES string of the molecule is Nc1c(-c2ccc(F)c3[nH]ncc23)c2cc(C3CC3)c3nccnc3c2[nH]c1=O. The number of fused-ring (bicyclic) bond motifs is 4. The van der Waals surface area contributed by atoms with Gasteiger partial charge in [-0.3, -0.25) is 19.9 Å². The molecule has 0 amide bonds. The van der Waals surface area contributed by atoms with Crippen LogP contribution in [0.4, 0.5) is 10.1 Å². The molecule has 142 valence electrons. The molecule has 0 aliphatic heterocycles. The van der Waals surface area contributed by atoms with Crippen molar-refractivity contribution in [3.8, 4) is 11.1 Å². The van der Waals surface area contributed by atoms with Crippen LogP contribution >= 0.6 is 0 Å². The molecule has 3 aromatic heterocycles. The van der Waals surface area contributed by atoms with Crippen LogP contribution in [0.25, 0.3) is 44.0 Å². The van der Waals surface area contributed by atoms with Gasteiger partial charge in [0, 0.05) is 28.7 Å². The number of pyridine rings is 1. The predicted octanol–water partition coefficient (Wildman–Crippen LogP) is 3.61. The molecule has 0 saturated heterocycles. The molecule has 3 heterocycles. The van der Waals surface area contributed by atoms with E-state index in [2.05, 4.69) is 25.1 Å². The lowest BCUT2D eigenvalue weighted by Crippen LogP contribution is -2.14. The number of halogens is 1. The van der Waals surface area contributed by atoms with Crippen molar-refractivity contribution in [2.45, 2.75) is 18.8 Å². The fourth-order valence-corrected chi connectivity index (χ4v) is 4.13. The van der Waals surface area contributed by atoms with Gasteiger partial charge < -0.3 is 10.7 Å². The first kappa shape index (κ1) is 16.2. The van der Waals surface area contributed by atoms with Gasteiger partial charge in [-0.25, -0.2) is 4.39 Å². The molecule has 7 nitrogen and oxygen atoms in total. The number of aromatic nitrogens is 5. The van der Waals surface area contributed by atoms with Crippen molar-refractivity contribution in [1.29, 1.82) is 0 Å². The zero-order valence-electron chi connectivity index (χ0n) is 15.2. The third kappa shape index (κ3) is 2.22. The lowest BCUT2D eigenvalue weighted by atomic mass is 9.94. The summed E-state index contributed by atoms with van der Waals surface area (Å²) in [6.07, 6.45) is 6.99. The number of rotatable bonds is 2. The molecule has 5 aromatic rings. The van der Waals surface area contributed by atoms with Gasteiger partial charge in [0.25, 0.3) is 5.56 Å². The second-order valence-corrected chi connectivity index (χ2v) is 7.41. The Morgan fingerprint density at radius 2 is 1.86 bits per heavy atom. The lowest BCUT2D eigenvalue weighted by molar-refractivity contribution is 0.636. The van der Waals surface area contributed by atoms with Gasteiger partial charge >= 0.3 is 0 Å². The summed E-state index contributed by atoms with van der Waals surface area (Å²) >= 11 is 0. The van der Waals surface area contributed by atoms with E-state index in [0.717, 1.165) is 29.3 Å². The quantitative estimate of drug-likeness (QED) is 0.401. The van der Waals surface area contributed by atoms with Crippen LogP contribution in [0.5, 0.6) is 0 Å². The van der Waals surface area contributed by atoms with E-state index in [0.29, 0.717) is 33.5 Å². The van der Waals surface area contributed by atoms with Gasteiger partial charge in [-0.2, -0.15) is 5.10 Å². The molecule has 1 saturated carbocycles. The lowest BCUT2D eigenvalue weighted by Gasteiger charge is -2.14. The molecule has 29 heavy (non-hydrogen) atoms. The van der Waals surface area contributed by atoms with E-state index >= 15 is 0 Å². The minimum Gasteiger partial charge on any atom is -0.394 e. The van der Waals surface area contributed by atoms with Gasteiger partial charge in [-0.05, 0) is 42.0 Å². The van der Waals surface area contributed by atoms with E-state index in [1.807, 2.05) is 6.07 Å². The van der Waals surface area contributed by atoms with Crippen molar-refractivity contribution >= 4 is 38.5 Å². The van der Waals surface area contributed by atoms with Crippen molar-refractivity contribution in [3.05, 3.63) is 58.5 Å². The molecule has 8 heteroatoms. The van der Waals surface area contributed by atoms with Crippen LogP contribution in [-0.2, 0) is 0 Å². The number of hydrogen-bond acceptors (Lipinski definition) is 5. The van der Waals surface area contributed by atoms with Crippen molar-refractivity contribution < 1.29 is 4.39 Å². The Hall–Kier alpha value is -3.81. The van der Waals surface area contributed by atoms with Gasteiger partial charge in [-0.1, -0.05) is 6.07 Å². The van der Waals surface area contributed by atoms with E-state index in [-0.39, 0.29) is 11.2 Å². The Morgan fingerprint density at radius 1 is 1.07 bits per heavy atom. The summed E-state index contributed by atoms with van der Waals surface area (Å²) in [6, 6.07) is 5.03. The fourth-order valence-electron chi connectivity index (χ4n) is 4.13. The minimum absolute atomic E-state index is 0.0802. The zero-order valence-corrected chi connectivity index (χ0v) is 15.2. The molecule has 1 aliphatic rings. The Morgan fingerprint density at radius 3 is 2.66 bits per heavy atom. The highest BCUT2D eigenvalue weighted by Gasteiger charge is 2.28. The van der Waals surface area contributed by atoms with E-state index in [1.165, 1.54) is 6.07 Å². The van der Waals surface area contributed by atoms with Crippen molar-refractivity contribution in [2.75, 3.05) is 5.73 Å². The third-order valence-corrected chi connectivity index (χ3v) is 5.65. The molecule has 1 fully saturated rings. The van der Waals surface area contributed by atoms with E-state index in [4.69, 9.17) is 5.73 Å². The third-order valence-electron chi connectivity index (χ3n) is 5.65. The number of nitrogens with zero attached hydrogens (tertiary/aromatic N) is 3. The highest BCUT2D eigenvalue weighted by molar-refractivity contribution is 6.14. The maximum atomic E-state index is 14.2. The normalized spacial score (nSPS) is 14.2. The van der Waals surface area contributed by atoms with Crippen LogP contribution < -0.4 is 11.3 Å². The molecule has 0 atom stereocenters. The zero-order chi connectivity index (χ0) is 19.7. The number of H-pyrrole nitrogens is 2. The second-order valence-electron chi connectivity index (χ2n) is 7.41. The highest BCUT2D eigenvalue weighted by Crippen LogP contribution is 2.46. The maximum absolute atomic E-state index is 14.2. The van der Waals surface area contributed by atoms with Gasteiger partial charge in [0.2, 0.25) is 0 Å². The molecular weight excluding hydrogens is 371 g/mol. The monoisotopic (exact) mass is 386 g/mol. The van der Waals surface area contributed by atoms with Crippen molar-refractivity contribution in [3.63, 3.8) is 0 Å². The van der Waals surface area contributed by atoms with Crippen molar-refractivity contribution in [1.82, 2.24) is 25.1 Å². The minimum atomic E-state index is -0.417. The van der Waals surface area contributed by atoms with Crippen LogP contribution in [-0.4, -0.2) is 25.1 Å². The number of nitrogens with two attached hydrogens (primary N) is 1. The molecule has 6 rings (SSSR count). The summed E-state index contributed by atoms with van der Waals surface area (Å²) in [5, 5.41) is 7.98. The predicted molar refractivity (Wildman–Crippen MR) is 109 cm³/mol. The first-order valence-electron chi connectivity index (χ1n) is 9.34. The number of benzene rings is 2. The topological polar surface area (TPSA) is 113 Å². The summed E-state index contributed by atoms with van der Waals surface area (Å²) in [6.45, 7) is 0. The smallest absolute Gasteiger partial charge is 0.272 e. The van der Waals surface area contributed by atoms with Gasteiger partial charge in [0.15, 0.2) is 0 Å². The molecule has 0 bridgehead atoms. The molecular formula is C21H15FN6O. The number of aromatic amines is 2. The van der Waals surface area contributed by atoms with Gasteiger partial charge in [0.1, 0.15) is 22.5 Å². The summed E-state index contributed by atoms with van der Waals surface area (Å²) in [5.74, 6) is 0.00529. The van der Waals surface area contributed by atoms with E-state index < -0.39 is 11.4 Å². The van der Waals surface area contributed by atoms with Crippen LogP contribution in [0.3, 0.4) is 0 Å². The number of nitrogen functional groups attached to an aromatic ring is 1. The Balaban J connectivity index is 1.83. The largest absolute Gasteiger partial charge is 0.394 e. The van der Waals surface area contributed by atoms with E-state index in [1.54, 1.807) is 24.7 Å². The molecule has 0 radical (unpaired) electrons. The van der Waals surface area contributed by atoms with Crippen LogP contribution in [0.2, 0.25) is 0 Å². The number of hydrogen-bond donors (Lipinski definition) is 3. The fraction of sp³-hybridized carbons (Fsp3) is 0.143. The average Bonchev–Trinajstić information content (AvgIpc) is 3.45. The summed E-state index contributed by atoms with van der Waals surface area (Å²) < 4.78 is 14.2. The van der Waals surface area contributed by atoms with Crippen LogP contribution in [0.15, 0.2) is 41.6 Å². The maximum Gasteiger partial charge on any atom is 0.272 e. The summed E-state index contributed by atoms with van der Waals surface area (Å²) in [4.78, 5) is 24.6. The second kappa shape index (κ2) is 5.60. The first-order valence-corrected chi connectivity index (χ1v) is 9.34. The average molecular weight is 386 g/mol. The van der Waals surface area contributed by atoms with Gasteiger partial charge in [-0.15, -0.1) is 0 Å². The first-order chi connectivity index (χ1) is 14.1. The van der Waals surface area contributed by atoms with Gasteiger partial charge in [0.05, 0.1) is 17.2 Å². The van der Waals surface area contributed by atoms with Crippen molar-refractivity contribution in [2.24, 2.45) is 0 Å². The number of nitrogens with one attached hydrogen (secondary N) is 2. The summed E-state index contributed by atoms with van der Waals surface area (Å²) in [5.41, 5.74) is 10.5. The molecule has 4 N–H and O–H groups in total. The Kier molecular flexibility index (Phi) is 3.12. The Bertz CT molecular complexity index is 1520. The molecule has 0 spiro atoms. The standard InChI is InChI=1S/C21H15FN6O/c22-14-4-3-10(13-8-26-28-17(13)14)15-12-7-11(9-1-2-9)18-20(25-6-5-24-18)19(12)27-21(29)16(15)23/h3-9H,1-2,23H2,(H,26,28)(H,27,29). The van der Waals surface area contributed by atoms with Crippen LogP contribution in [0.1, 0.15) is 24.3 Å². The van der Waals surface area contributed by atoms with E-state index in [9.17, 15) is 9.18 Å². The molecule has 1 aliphatic carbocycles. The summed E-state index contributed by atoms with van der Waals surface area (Å²) in [7, 11) is 0. The highest BCUT2D eigenvalue weighted by atomic mass is 19.1. The number of anilines is 1. The Labute approximate surface area is 162 Å². The molecule has 0 unspecified atom stereocenters. The van der Waals surface area contributed by atoms with Crippen LogP contribution in [0, 0.1) is 5.82 Å². The molecule has 2 aromatic carbocycles.